The lowest BCUT2D eigenvalue weighted by Gasteiger charge is -2.34. The summed E-state index contributed by atoms with van der Waals surface area (Å²) in [5.41, 5.74) is -8.80. The molecule has 0 radical (unpaired) electrons. The van der Waals surface area contributed by atoms with Crippen LogP contribution in [-0.4, -0.2) is 344 Å². The van der Waals surface area contributed by atoms with Crippen LogP contribution in [0.4, 0.5) is 0 Å². The van der Waals surface area contributed by atoms with Crippen LogP contribution in [-0.2, 0) is 14.2 Å². The van der Waals surface area contributed by atoms with Crippen molar-refractivity contribution in [1.29, 1.82) is 0 Å². The van der Waals surface area contributed by atoms with E-state index in [0.717, 1.165) is 0 Å². The lowest BCUT2D eigenvalue weighted by atomic mass is 9.88. The highest BCUT2D eigenvalue weighted by Crippen LogP contribution is 2.24. The molecule has 29 heteroatoms. The van der Waals surface area contributed by atoms with Gasteiger partial charge in [-0.15, -0.1) is 0 Å². The van der Waals surface area contributed by atoms with Crippen LogP contribution in [0, 0.1) is 48.7 Å². The molecule has 0 aliphatic carbocycles. The van der Waals surface area contributed by atoms with Crippen molar-refractivity contribution in [2.45, 2.75) is 34.1 Å². The van der Waals surface area contributed by atoms with Crippen LogP contribution in [0.15, 0.2) is 0 Å². The average molecular weight is 1120 g/mol. The summed E-state index contributed by atoms with van der Waals surface area (Å²) in [5.74, 6) is 0. The van der Waals surface area contributed by atoms with Crippen molar-refractivity contribution in [2.75, 3.05) is 211 Å². The zero-order chi connectivity index (χ0) is 60.0. The average Bonchev–Trinajstić information content (AvgIpc) is 3.47. The van der Waals surface area contributed by atoms with Crippen molar-refractivity contribution >= 4 is 0 Å². The van der Waals surface area contributed by atoms with Gasteiger partial charge in [-0.05, 0) is 6.42 Å². The van der Waals surface area contributed by atoms with E-state index < -0.39 is 162 Å². The van der Waals surface area contributed by atoms with Gasteiger partial charge in [0.05, 0.1) is 244 Å². The highest BCUT2D eigenvalue weighted by Gasteiger charge is 2.36. The fraction of sp³-hybridized carbons (Fsp3) is 1.00. The second kappa shape index (κ2) is 47.6. The highest BCUT2D eigenvalue weighted by atomic mass is 16.5. The number of ether oxygens (including phenoxy) is 3. The third kappa shape index (κ3) is 33.9. The molecule has 0 heterocycles. The predicted molar refractivity (Wildman–Crippen MR) is 266 cm³/mol. The molecule has 0 aromatic carbocycles. The van der Waals surface area contributed by atoms with E-state index in [4.69, 9.17) is 106 Å². The Morgan fingerprint density at radius 1 is 0.200 bits per heavy atom. The van der Waals surface area contributed by atoms with Crippen molar-refractivity contribution in [3.8, 4) is 0 Å². The molecule has 0 unspecified atom stereocenters. The maximum Gasteiger partial charge on any atom is 0.0632 e. The van der Waals surface area contributed by atoms with E-state index in [1.807, 2.05) is 6.92 Å². The molecular weight excluding hydrogens is 1020 g/mol. The normalized spacial score (nSPS) is 12.7. The van der Waals surface area contributed by atoms with Gasteiger partial charge in [0, 0.05) is 16.2 Å². The molecule has 0 aromatic rings. The van der Waals surface area contributed by atoms with E-state index in [1.54, 1.807) is 20.8 Å². The van der Waals surface area contributed by atoms with Gasteiger partial charge < -0.3 is 147 Å². The van der Waals surface area contributed by atoms with Crippen molar-refractivity contribution in [3.05, 3.63) is 0 Å². The molecule has 0 aromatic heterocycles. The minimum atomic E-state index is -1.24. The summed E-state index contributed by atoms with van der Waals surface area (Å²) < 4.78 is 15.9. The first-order valence-corrected chi connectivity index (χ1v) is 23.8. The molecule has 0 aliphatic rings. The van der Waals surface area contributed by atoms with Crippen LogP contribution in [0.1, 0.15) is 34.1 Å². The molecule has 0 fully saturated rings. The molecule has 0 spiro atoms. The van der Waals surface area contributed by atoms with Gasteiger partial charge in [0.25, 0.3) is 0 Å². The molecule has 0 aliphatic heterocycles. The molecule has 26 N–H and O–H groups in total. The van der Waals surface area contributed by atoms with Crippen LogP contribution in [0.2, 0.25) is 0 Å². The van der Waals surface area contributed by atoms with Crippen molar-refractivity contribution in [2.24, 2.45) is 48.7 Å². The lowest BCUT2D eigenvalue weighted by molar-refractivity contribution is -0.127. The number of hydrogen-bond donors (Lipinski definition) is 26. The zero-order valence-electron chi connectivity index (χ0n) is 44.7. The Kier molecular flexibility index (Phi) is 54.1. The number of hydrogen-bond acceptors (Lipinski definition) is 29. The Morgan fingerprint density at radius 2 is 0.360 bits per heavy atom. The van der Waals surface area contributed by atoms with Gasteiger partial charge in [0.2, 0.25) is 0 Å². The molecular formula is C46H104O29. The van der Waals surface area contributed by atoms with Gasteiger partial charge in [-0.25, -0.2) is 0 Å². The van der Waals surface area contributed by atoms with Crippen LogP contribution in [0.25, 0.3) is 0 Å². The van der Waals surface area contributed by atoms with Crippen molar-refractivity contribution < 1.29 is 147 Å². The highest BCUT2D eigenvalue weighted by molar-refractivity contribution is 4.83. The monoisotopic (exact) mass is 1120 g/mol. The van der Waals surface area contributed by atoms with Gasteiger partial charge in [-0.1, -0.05) is 27.7 Å². The number of aliphatic hydroxyl groups excluding tert-OH is 26. The molecule has 0 saturated heterocycles. The van der Waals surface area contributed by atoms with Gasteiger partial charge in [-0.3, -0.25) is 0 Å². The summed E-state index contributed by atoms with van der Waals surface area (Å²) in [6.45, 7) is -3.35. The van der Waals surface area contributed by atoms with E-state index in [-0.39, 0.29) is 97.9 Å². The summed E-state index contributed by atoms with van der Waals surface area (Å²) in [6, 6.07) is 0. The summed E-state index contributed by atoms with van der Waals surface area (Å²) >= 11 is 0. The third-order valence-electron chi connectivity index (χ3n) is 12.2. The third-order valence-corrected chi connectivity index (χ3v) is 12.2. The molecule has 0 saturated carbocycles. The predicted octanol–water partition coefficient (Wildman–Crippen LogP) is -10.9. The topological polar surface area (TPSA) is 554 Å². The van der Waals surface area contributed by atoms with E-state index in [2.05, 4.69) is 0 Å². The summed E-state index contributed by atoms with van der Waals surface area (Å²) in [6.07, 6.45) is 0.594. The smallest absolute Gasteiger partial charge is 0.0632 e. The van der Waals surface area contributed by atoms with E-state index in [1.165, 1.54) is 0 Å². The van der Waals surface area contributed by atoms with Gasteiger partial charge >= 0.3 is 0 Å². The molecule has 29 nitrogen and oxygen atoms in total. The SMILES string of the molecule is CC(C)(CO)CO.CC(CO)(CO)CO.CCC(CO)(CO)CO.OCC(CO)(CO)CO.OCC(CO)(CO)COCC(CO)(CO)CO.OCC(CO)(CO)COCC(CO)(CO)COCC(CO)(CO)CO. The molecule has 75 heavy (non-hydrogen) atoms. The molecule has 0 amide bonds. The second-order valence-electron chi connectivity index (χ2n) is 20.4. The van der Waals surface area contributed by atoms with Crippen LogP contribution in [0.3, 0.4) is 0 Å². The van der Waals surface area contributed by atoms with Gasteiger partial charge in [-0.2, -0.15) is 0 Å². The minimum Gasteiger partial charge on any atom is -0.396 e. The number of aliphatic hydroxyl groups is 26. The van der Waals surface area contributed by atoms with Crippen molar-refractivity contribution in [3.63, 3.8) is 0 Å². The van der Waals surface area contributed by atoms with E-state index in [0.29, 0.717) is 6.42 Å². The summed E-state index contributed by atoms with van der Waals surface area (Å²) in [4.78, 5) is 0. The zero-order valence-corrected chi connectivity index (χ0v) is 44.7. The first-order chi connectivity index (χ1) is 35.3. The second-order valence-corrected chi connectivity index (χ2v) is 20.4. The Bertz CT molecular complexity index is 1040. The largest absolute Gasteiger partial charge is 0.396 e. The van der Waals surface area contributed by atoms with Gasteiger partial charge in [0.1, 0.15) is 0 Å². The fourth-order valence-electron chi connectivity index (χ4n) is 3.86. The van der Waals surface area contributed by atoms with E-state index in [9.17, 15) is 40.9 Å². The quantitative estimate of drug-likeness (QED) is 0.0272. The molecule has 0 bridgehead atoms. The first kappa shape index (κ1) is 85.1. The Hall–Kier alpha value is -1.16. The maximum absolute atomic E-state index is 9.56. The molecule has 0 atom stereocenters. The van der Waals surface area contributed by atoms with E-state index >= 15 is 0 Å². The summed E-state index contributed by atoms with van der Waals surface area (Å²) in [5, 5.41) is 231. The Labute approximate surface area is 440 Å². The maximum atomic E-state index is 9.56. The Morgan fingerprint density at radius 3 is 0.427 bits per heavy atom. The van der Waals surface area contributed by atoms with Crippen LogP contribution in [0.5, 0.6) is 0 Å². The molecule has 462 valence electrons. The fourth-order valence-corrected chi connectivity index (χ4v) is 3.86. The summed E-state index contributed by atoms with van der Waals surface area (Å²) in [7, 11) is 0. The number of rotatable bonds is 39. The standard InChI is InChI=1S/C15H32O10.C10H22O7.C6H14O3.C5H12O4.C5H12O3.C5H12O2/c16-1-13(2-17,3-18)9-24-11-15(7-22,8-23)12-25-10-14(4-19,5-20)6-21;11-1-9(2-12,3-13)7-17-8-10(4-14,5-15)6-16;1-2-6(3-7,4-8)5-9;6-1-5(2-7,3-8)4-9;1-5(2-6,3-7)4-8;1-5(2,3-6)4-7/h16-23H,1-12H2;11-16H,1-8H2;7-9H,2-5H2,1H3;6-9H,1-4H2;6-8H,2-4H2,1H3;6-7H,3-4H2,1-2H3. The first-order valence-electron chi connectivity index (χ1n) is 23.8. The Balaban J connectivity index is -0.000000205. The van der Waals surface area contributed by atoms with Crippen LogP contribution >= 0.6 is 0 Å². The van der Waals surface area contributed by atoms with Gasteiger partial charge in [0.15, 0.2) is 0 Å². The van der Waals surface area contributed by atoms with Crippen LogP contribution < -0.4 is 0 Å². The molecule has 0 rings (SSSR count). The minimum absolute atomic E-state index is 0.0451. The lowest BCUT2D eigenvalue weighted by Crippen LogP contribution is -2.45. The van der Waals surface area contributed by atoms with Crippen molar-refractivity contribution in [1.82, 2.24) is 0 Å².